The number of carbonyl (C=O) groups is 2. The third-order valence-corrected chi connectivity index (χ3v) is 6.99. The summed E-state index contributed by atoms with van der Waals surface area (Å²) < 4.78 is 76.4. The second kappa shape index (κ2) is 9.75. The van der Waals surface area contributed by atoms with Gasteiger partial charge in [-0.15, -0.1) is 0 Å². The number of hydrogen-bond acceptors (Lipinski definition) is 6. The van der Waals surface area contributed by atoms with Crippen LogP contribution in [-0.2, 0) is 21.8 Å². The van der Waals surface area contributed by atoms with Crippen LogP contribution >= 0.6 is 0 Å². The summed E-state index contributed by atoms with van der Waals surface area (Å²) in [6.07, 6.45) is 0.197. The number of anilines is 1. The molecule has 0 radical (unpaired) electrons. The quantitative estimate of drug-likeness (QED) is 0.524. The van der Waals surface area contributed by atoms with E-state index in [2.05, 4.69) is 10.0 Å². The van der Waals surface area contributed by atoms with Crippen molar-refractivity contribution in [1.29, 1.82) is 0 Å². The normalized spacial score (nSPS) is 18.4. The number of benzene rings is 1. The van der Waals surface area contributed by atoms with E-state index in [0.717, 1.165) is 22.9 Å². The largest absolute Gasteiger partial charge is 0.444 e. The van der Waals surface area contributed by atoms with Crippen LogP contribution in [0.15, 0.2) is 29.3 Å². The lowest BCUT2D eigenvalue weighted by molar-refractivity contribution is 0.0275. The molecule has 3 N–H and O–H groups in total. The molecule has 0 spiro atoms. The van der Waals surface area contributed by atoms with E-state index in [0.29, 0.717) is 6.07 Å². The fourth-order valence-corrected chi connectivity index (χ4v) is 5.26. The number of sulfonamides is 1. The van der Waals surface area contributed by atoms with Gasteiger partial charge in [-0.3, -0.25) is 4.79 Å². The second-order valence-electron chi connectivity index (χ2n) is 9.55. The summed E-state index contributed by atoms with van der Waals surface area (Å²) >= 11 is 0. The SMILES string of the molecule is Cn1cc(S(=O)(=O)NC2(CO)CCN(C(=O)OC(C)(C)C)C2)c(F)c1C(=O)Nc1ccc(F)c(F)c1. The number of halogens is 3. The molecule has 1 aromatic carbocycles. The van der Waals surface area contributed by atoms with Crippen molar-refractivity contribution in [3.63, 3.8) is 0 Å². The number of nitrogens with zero attached hydrogens (tertiary/aromatic N) is 2. The van der Waals surface area contributed by atoms with Gasteiger partial charge in [-0.05, 0) is 39.3 Å². The van der Waals surface area contributed by atoms with Crippen molar-refractivity contribution in [1.82, 2.24) is 14.2 Å². The van der Waals surface area contributed by atoms with Gasteiger partial charge in [0.15, 0.2) is 17.5 Å². The van der Waals surface area contributed by atoms with Crippen molar-refractivity contribution in [3.8, 4) is 0 Å². The molecule has 10 nitrogen and oxygen atoms in total. The Bertz CT molecular complexity index is 1290. The molecule has 1 atom stereocenters. The summed E-state index contributed by atoms with van der Waals surface area (Å²) in [5, 5.41) is 12.1. The van der Waals surface area contributed by atoms with E-state index in [4.69, 9.17) is 4.74 Å². The number of carbonyl (C=O) groups excluding carboxylic acids is 2. The smallest absolute Gasteiger partial charge is 0.410 e. The van der Waals surface area contributed by atoms with Gasteiger partial charge >= 0.3 is 6.09 Å². The van der Waals surface area contributed by atoms with Crippen LogP contribution in [-0.4, -0.2) is 65.8 Å². The Balaban J connectivity index is 1.82. The minimum Gasteiger partial charge on any atom is -0.444 e. The molecule has 1 fully saturated rings. The highest BCUT2D eigenvalue weighted by Gasteiger charge is 2.45. The maximum absolute atomic E-state index is 15.2. The number of hydrogen-bond donors (Lipinski definition) is 3. The van der Waals surface area contributed by atoms with Gasteiger partial charge in [0.25, 0.3) is 5.91 Å². The molecule has 1 unspecified atom stereocenters. The number of aliphatic hydroxyl groups excluding tert-OH is 1. The molecule has 0 saturated carbocycles. The molecule has 1 aromatic heterocycles. The maximum atomic E-state index is 15.2. The number of aliphatic hydroxyl groups is 1. The first-order chi connectivity index (χ1) is 16.6. The highest BCUT2D eigenvalue weighted by atomic mass is 32.2. The lowest BCUT2D eigenvalue weighted by Gasteiger charge is -2.29. The molecular weight excluding hydrogens is 505 g/mol. The molecular formula is C22H27F3N4O6S. The number of nitrogens with one attached hydrogen (secondary N) is 2. The predicted molar refractivity (Wildman–Crippen MR) is 122 cm³/mol. The molecule has 0 bridgehead atoms. The van der Waals surface area contributed by atoms with E-state index >= 15 is 4.39 Å². The Morgan fingerprint density at radius 1 is 1.19 bits per heavy atom. The van der Waals surface area contributed by atoms with Crippen LogP contribution in [0.2, 0.25) is 0 Å². The van der Waals surface area contributed by atoms with Crippen LogP contribution < -0.4 is 10.0 Å². The zero-order valence-electron chi connectivity index (χ0n) is 20.1. The average Bonchev–Trinajstić information content (AvgIpc) is 3.30. The molecule has 2 heterocycles. The predicted octanol–water partition coefficient (Wildman–Crippen LogP) is 2.34. The van der Waals surface area contributed by atoms with Crippen molar-refractivity contribution in [2.24, 2.45) is 7.05 Å². The van der Waals surface area contributed by atoms with Crippen molar-refractivity contribution in [2.75, 3.05) is 25.0 Å². The van der Waals surface area contributed by atoms with Crippen LogP contribution in [0.4, 0.5) is 23.7 Å². The average molecular weight is 533 g/mol. The van der Waals surface area contributed by atoms with Crippen molar-refractivity contribution < 1.29 is 41.0 Å². The summed E-state index contributed by atoms with van der Waals surface area (Å²) in [6, 6.07) is 2.51. The third kappa shape index (κ3) is 5.82. The lowest BCUT2D eigenvalue weighted by atomic mass is 10.0. The van der Waals surface area contributed by atoms with E-state index in [-0.39, 0.29) is 25.2 Å². The first kappa shape index (κ1) is 27.5. The zero-order valence-corrected chi connectivity index (χ0v) is 20.9. The molecule has 2 amide bonds. The number of aromatic nitrogens is 1. The molecule has 198 valence electrons. The van der Waals surface area contributed by atoms with Gasteiger partial charge in [-0.25, -0.2) is 31.1 Å². The number of rotatable bonds is 6. The topological polar surface area (TPSA) is 130 Å². The van der Waals surface area contributed by atoms with E-state index < -0.39 is 67.8 Å². The summed E-state index contributed by atoms with van der Waals surface area (Å²) in [7, 11) is -3.40. The monoisotopic (exact) mass is 532 g/mol. The van der Waals surface area contributed by atoms with Crippen molar-refractivity contribution in [3.05, 3.63) is 47.5 Å². The minimum absolute atomic E-state index is 0.0277. The Morgan fingerprint density at radius 2 is 1.86 bits per heavy atom. The Kier molecular flexibility index (Phi) is 7.44. The first-order valence-corrected chi connectivity index (χ1v) is 12.3. The second-order valence-corrected chi connectivity index (χ2v) is 11.2. The fourth-order valence-electron chi connectivity index (χ4n) is 3.72. The van der Waals surface area contributed by atoms with E-state index in [1.165, 1.54) is 11.9 Å². The van der Waals surface area contributed by atoms with Crippen LogP contribution in [0.5, 0.6) is 0 Å². The lowest BCUT2D eigenvalue weighted by Crippen LogP contribution is -2.53. The Labute approximate surface area is 206 Å². The molecule has 14 heteroatoms. The zero-order chi connectivity index (χ0) is 27.1. The summed E-state index contributed by atoms with van der Waals surface area (Å²) in [5.74, 6) is -4.87. The molecule has 1 saturated heterocycles. The van der Waals surface area contributed by atoms with Gasteiger partial charge in [-0.2, -0.15) is 0 Å². The standard InChI is InChI=1S/C22H27F3N4O6S/c1-21(2,3)35-20(32)29-8-7-22(11-29,12-30)27-36(33,34)16-10-28(4)18(17(16)25)19(31)26-13-5-6-14(23)15(24)9-13/h5-6,9-10,27,30H,7-8,11-12H2,1-4H3,(H,26,31). The summed E-state index contributed by atoms with van der Waals surface area (Å²) in [5.41, 5.74) is -3.15. The molecule has 3 rings (SSSR count). The maximum Gasteiger partial charge on any atom is 0.410 e. The van der Waals surface area contributed by atoms with Gasteiger partial charge in [0.05, 0.1) is 12.1 Å². The van der Waals surface area contributed by atoms with Crippen LogP contribution in [0.1, 0.15) is 37.7 Å². The van der Waals surface area contributed by atoms with Gasteiger partial charge in [0.2, 0.25) is 10.0 Å². The van der Waals surface area contributed by atoms with Gasteiger partial charge in [0.1, 0.15) is 16.2 Å². The minimum atomic E-state index is -4.62. The van der Waals surface area contributed by atoms with Gasteiger partial charge < -0.3 is 24.6 Å². The van der Waals surface area contributed by atoms with Crippen LogP contribution in [0.25, 0.3) is 0 Å². The number of ether oxygens (including phenoxy) is 1. The van der Waals surface area contributed by atoms with Crippen molar-refractivity contribution >= 4 is 27.7 Å². The van der Waals surface area contributed by atoms with Crippen LogP contribution in [0, 0.1) is 17.5 Å². The van der Waals surface area contributed by atoms with E-state index in [9.17, 15) is 31.9 Å². The van der Waals surface area contributed by atoms with Crippen molar-refractivity contribution in [2.45, 2.75) is 43.2 Å². The number of aryl methyl sites for hydroxylation is 1. The fraction of sp³-hybridized carbons (Fsp3) is 0.455. The Hall–Kier alpha value is -3.10. The highest BCUT2D eigenvalue weighted by molar-refractivity contribution is 7.89. The molecule has 0 aliphatic carbocycles. The molecule has 1 aliphatic rings. The Morgan fingerprint density at radius 3 is 2.44 bits per heavy atom. The van der Waals surface area contributed by atoms with E-state index in [1.54, 1.807) is 20.8 Å². The third-order valence-electron chi connectivity index (χ3n) is 5.43. The van der Waals surface area contributed by atoms with E-state index in [1.807, 2.05) is 0 Å². The first-order valence-electron chi connectivity index (χ1n) is 10.8. The van der Waals surface area contributed by atoms with Crippen LogP contribution in [0.3, 0.4) is 0 Å². The van der Waals surface area contributed by atoms with Gasteiger partial charge in [-0.1, -0.05) is 0 Å². The summed E-state index contributed by atoms with van der Waals surface area (Å²) in [4.78, 5) is 25.3. The summed E-state index contributed by atoms with van der Waals surface area (Å²) in [6.45, 7) is 4.17. The molecule has 36 heavy (non-hydrogen) atoms. The molecule has 1 aliphatic heterocycles. The molecule has 2 aromatic rings. The number of likely N-dealkylation sites (tertiary alicyclic amines) is 1. The van der Waals surface area contributed by atoms with Gasteiger partial charge in [0, 0.05) is 38.1 Å². The number of amides is 2. The highest BCUT2D eigenvalue weighted by Crippen LogP contribution is 2.28.